The number of imidazole rings is 1. The van der Waals surface area contributed by atoms with E-state index in [1.807, 2.05) is 47.0 Å². The number of urea groups is 1. The average molecular weight is 494 g/mol. The van der Waals surface area contributed by atoms with Gasteiger partial charge in [0.25, 0.3) is 5.91 Å². The van der Waals surface area contributed by atoms with Gasteiger partial charge >= 0.3 is 12.0 Å². The summed E-state index contributed by atoms with van der Waals surface area (Å²) in [5.74, 6) is -1.71. The molecular formula is C28H23N5O4. The van der Waals surface area contributed by atoms with Crippen molar-refractivity contribution in [2.45, 2.75) is 25.6 Å². The molecular weight excluding hydrogens is 470 g/mol. The molecule has 9 heteroatoms. The Morgan fingerprint density at radius 2 is 1.76 bits per heavy atom. The van der Waals surface area contributed by atoms with Crippen molar-refractivity contribution < 1.29 is 19.5 Å². The molecule has 1 saturated heterocycles. The fraction of sp³-hybridized carbons (Fsp3) is 0.179. The van der Waals surface area contributed by atoms with Crippen molar-refractivity contribution in [1.82, 2.24) is 19.4 Å². The lowest BCUT2D eigenvalue weighted by Gasteiger charge is -2.32. The Hall–Kier alpha value is -4.97. The van der Waals surface area contributed by atoms with Gasteiger partial charge in [-0.3, -0.25) is 19.4 Å². The number of imide groups is 1. The summed E-state index contributed by atoms with van der Waals surface area (Å²) in [5.41, 5.74) is 1.15. The predicted molar refractivity (Wildman–Crippen MR) is 134 cm³/mol. The number of amides is 3. The Kier molecular flexibility index (Phi) is 5.93. The third-order valence-corrected chi connectivity index (χ3v) is 6.83. The smallest absolute Gasteiger partial charge is 0.328 e. The normalized spacial score (nSPS) is 17.4. The third kappa shape index (κ3) is 4.08. The van der Waals surface area contributed by atoms with Crippen LogP contribution in [0.1, 0.15) is 29.3 Å². The summed E-state index contributed by atoms with van der Waals surface area (Å²) in [7, 11) is 0. The van der Waals surface area contributed by atoms with E-state index in [4.69, 9.17) is 5.26 Å². The zero-order valence-electron chi connectivity index (χ0n) is 20.0. The largest absolute Gasteiger partial charge is 0.480 e. The summed E-state index contributed by atoms with van der Waals surface area (Å²) in [4.78, 5) is 45.7. The number of rotatable bonds is 7. The van der Waals surface area contributed by atoms with E-state index in [-0.39, 0.29) is 6.54 Å². The maximum absolute atomic E-state index is 14.0. The Labute approximate surface area is 212 Å². The fourth-order valence-electron chi connectivity index (χ4n) is 4.88. The number of benzene rings is 3. The highest BCUT2D eigenvalue weighted by Crippen LogP contribution is 2.40. The molecule has 0 aliphatic carbocycles. The number of carboxylic acids is 1. The first kappa shape index (κ1) is 23.8. The van der Waals surface area contributed by atoms with Crippen LogP contribution in [0.15, 0.2) is 79.3 Å². The predicted octanol–water partition coefficient (Wildman–Crippen LogP) is 3.72. The molecule has 1 unspecified atom stereocenters. The van der Waals surface area contributed by atoms with E-state index in [1.165, 1.54) is 0 Å². The third-order valence-electron chi connectivity index (χ3n) is 6.83. The Balaban J connectivity index is 1.51. The van der Waals surface area contributed by atoms with Gasteiger partial charge in [-0.15, -0.1) is 0 Å². The summed E-state index contributed by atoms with van der Waals surface area (Å²) >= 11 is 0. The molecule has 1 aliphatic rings. The molecule has 2 heterocycles. The first-order valence-electron chi connectivity index (χ1n) is 11.6. The highest BCUT2D eigenvalue weighted by molar-refractivity contribution is 6.09. The van der Waals surface area contributed by atoms with Crippen LogP contribution < -0.4 is 0 Å². The van der Waals surface area contributed by atoms with Gasteiger partial charge in [-0.1, -0.05) is 54.6 Å². The number of aromatic nitrogens is 2. The number of nitrogens with zero attached hydrogens (tertiary/aromatic N) is 5. The van der Waals surface area contributed by atoms with E-state index in [1.54, 1.807) is 43.7 Å². The van der Waals surface area contributed by atoms with E-state index < -0.39 is 30.0 Å². The molecule has 9 nitrogen and oxygen atoms in total. The molecule has 0 spiro atoms. The second kappa shape index (κ2) is 9.24. The molecule has 1 fully saturated rings. The lowest BCUT2D eigenvalue weighted by molar-refractivity contribution is -0.139. The molecule has 184 valence electrons. The van der Waals surface area contributed by atoms with Gasteiger partial charge < -0.3 is 9.67 Å². The molecule has 1 aliphatic heterocycles. The Bertz CT molecular complexity index is 1560. The zero-order valence-corrected chi connectivity index (χ0v) is 20.0. The van der Waals surface area contributed by atoms with Gasteiger partial charge in [0.05, 0.1) is 30.2 Å². The fourth-order valence-corrected chi connectivity index (χ4v) is 4.88. The SMILES string of the molecule is CC1(c2cccc3ccccc23)C(=O)N(Cc2cncn2Cc2ccc(C#N)cc2)C(=O)N1CC(=O)O. The van der Waals surface area contributed by atoms with Crippen LogP contribution in [0.4, 0.5) is 4.79 Å². The number of nitriles is 1. The van der Waals surface area contributed by atoms with Gasteiger partial charge in [-0.05, 0) is 41.0 Å². The Morgan fingerprint density at radius 3 is 2.49 bits per heavy atom. The number of hydrogen-bond acceptors (Lipinski definition) is 5. The number of aliphatic carboxylic acids is 1. The molecule has 1 N–H and O–H groups in total. The lowest BCUT2D eigenvalue weighted by atomic mass is 9.86. The topological polar surface area (TPSA) is 120 Å². The maximum Gasteiger partial charge on any atom is 0.328 e. The van der Waals surface area contributed by atoms with Gasteiger partial charge in [0, 0.05) is 12.7 Å². The van der Waals surface area contributed by atoms with Crippen molar-refractivity contribution in [3.63, 3.8) is 0 Å². The van der Waals surface area contributed by atoms with Gasteiger partial charge in [0.2, 0.25) is 0 Å². The van der Waals surface area contributed by atoms with Crippen LogP contribution in [0.3, 0.4) is 0 Å². The molecule has 37 heavy (non-hydrogen) atoms. The molecule has 1 atom stereocenters. The summed E-state index contributed by atoms with van der Waals surface area (Å²) < 4.78 is 1.82. The van der Waals surface area contributed by atoms with Gasteiger partial charge in [-0.25, -0.2) is 9.78 Å². The number of carbonyl (C=O) groups is 3. The Morgan fingerprint density at radius 1 is 1.03 bits per heavy atom. The summed E-state index contributed by atoms with van der Waals surface area (Å²) in [6, 6.07) is 21.5. The minimum atomic E-state index is -1.51. The maximum atomic E-state index is 14.0. The van der Waals surface area contributed by atoms with Crippen molar-refractivity contribution in [3.05, 3.63) is 102 Å². The van der Waals surface area contributed by atoms with Crippen LogP contribution in [0, 0.1) is 11.3 Å². The summed E-state index contributed by atoms with van der Waals surface area (Å²) in [6.07, 6.45) is 3.19. The van der Waals surface area contributed by atoms with Crippen LogP contribution in [-0.4, -0.2) is 48.9 Å². The molecule has 5 rings (SSSR count). The molecule has 4 aromatic rings. The number of hydrogen-bond donors (Lipinski definition) is 1. The molecule has 0 saturated carbocycles. The van der Waals surface area contributed by atoms with Crippen molar-refractivity contribution in [3.8, 4) is 6.07 Å². The van der Waals surface area contributed by atoms with Crippen LogP contribution >= 0.6 is 0 Å². The first-order chi connectivity index (χ1) is 17.8. The monoisotopic (exact) mass is 493 g/mol. The quantitative estimate of drug-likeness (QED) is 0.392. The highest BCUT2D eigenvalue weighted by Gasteiger charge is 2.56. The molecule has 1 aromatic heterocycles. The number of carboxylic acid groups (broad SMARTS) is 1. The first-order valence-corrected chi connectivity index (χ1v) is 11.6. The van der Waals surface area contributed by atoms with Crippen molar-refractivity contribution >= 4 is 28.7 Å². The summed E-state index contributed by atoms with van der Waals surface area (Å²) in [5, 5.41) is 20.3. The van der Waals surface area contributed by atoms with Crippen molar-refractivity contribution in [1.29, 1.82) is 5.26 Å². The van der Waals surface area contributed by atoms with E-state index in [9.17, 15) is 19.5 Å². The number of carbonyl (C=O) groups excluding carboxylic acids is 2. The second-order valence-corrected chi connectivity index (χ2v) is 9.07. The van der Waals surface area contributed by atoms with Crippen molar-refractivity contribution in [2.75, 3.05) is 6.54 Å². The van der Waals surface area contributed by atoms with E-state index >= 15 is 0 Å². The minimum Gasteiger partial charge on any atom is -0.480 e. The molecule has 3 aromatic carbocycles. The number of fused-ring (bicyclic) bond motifs is 1. The van der Waals surface area contributed by atoms with Gasteiger partial charge in [0.15, 0.2) is 0 Å². The minimum absolute atomic E-state index is 0.0651. The van der Waals surface area contributed by atoms with E-state index in [2.05, 4.69) is 11.1 Å². The van der Waals surface area contributed by atoms with Gasteiger partial charge in [0.1, 0.15) is 12.1 Å². The van der Waals surface area contributed by atoms with Crippen molar-refractivity contribution in [2.24, 2.45) is 0 Å². The second-order valence-electron chi connectivity index (χ2n) is 9.07. The van der Waals surface area contributed by atoms with Crippen LogP contribution in [0.5, 0.6) is 0 Å². The van der Waals surface area contributed by atoms with Crippen LogP contribution in [0.25, 0.3) is 10.8 Å². The average Bonchev–Trinajstić information content (AvgIpc) is 3.41. The van der Waals surface area contributed by atoms with E-state index in [0.717, 1.165) is 26.1 Å². The van der Waals surface area contributed by atoms with Gasteiger partial charge in [-0.2, -0.15) is 5.26 Å². The molecule has 3 amide bonds. The molecule has 0 bridgehead atoms. The van der Waals surface area contributed by atoms with Crippen LogP contribution in [-0.2, 0) is 28.2 Å². The summed E-state index contributed by atoms with van der Waals surface area (Å²) in [6.45, 7) is 1.35. The van der Waals surface area contributed by atoms with Crippen LogP contribution in [0.2, 0.25) is 0 Å². The van der Waals surface area contributed by atoms with E-state index in [0.29, 0.717) is 23.4 Å². The zero-order chi connectivity index (χ0) is 26.2. The highest BCUT2D eigenvalue weighted by atomic mass is 16.4. The molecule has 0 radical (unpaired) electrons. The lowest BCUT2D eigenvalue weighted by Crippen LogP contribution is -2.46. The standard InChI is InChI=1S/C28H23N5O4/c1-28(24-8-4-6-21-5-2-3-7-23(21)24)26(36)32(27(37)33(28)17-25(34)35)16-22-14-30-18-31(22)15-20-11-9-19(13-29)10-12-20/h2-12,14,18H,15-17H2,1H3,(H,34,35).